The summed E-state index contributed by atoms with van der Waals surface area (Å²) in [6.45, 7) is 0.993. The van der Waals surface area contributed by atoms with E-state index in [4.69, 9.17) is 32.7 Å². The molecule has 1 aliphatic rings. The van der Waals surface area contributed by atoms with Crippen molar-refractivity contribution in [3.8, 4) is 28.7 Å². The van der Waals surface area contributed by atoms with E-state index in [2.05, 4.69) is 10.1 Å². The number of benzene rings is 3. The zero-order valence-electron chi connectivity index (χ0n) is 20.6. The number of halogens is 2. The van der Waals surface area contributed by atoms with Crippen LogP contribution in [-0.4, -0.2) is 50.9 Å². The van der Waals surface area contributed by atoms with Crippen LogP contribution >= 0.6 is 23.2 Å². The summed E-state index contributed by atoms with van der Waals surface area (Å²) >= 11 is 12.8. The average Bonchev–Trinajstić information content (AvgIpc) is 2.91. The van der Waals surface area contributed by atoms with Crippen LogP contribution in [0.5, 0.6) is 23.0 Å². The maximum absolute atomic E-state index is 13.3. The molecule has 0 fully saturated rings. The Labute approximate surface area is 231 Å². The van der Waals surface area contributed by atoms with E-state index in [1.54, 1.807) is 11.9 Å². The molecule has 4 aromatic rings. The second-order valence-electron chi connectivity index (χ2n) is 8.93. The fourth-order valence-electron chi connectivity index (χ4n) is 4.40. The van der Waals surface area contributed by atoms with Crippen LogP contribution in [0.4, 0.5) is 0 Å². The molecule has 10 nitrogen and oxygen atoms in total. The van der Waals surface area contributed by atoms with Gasteiger partial charge in [-0.05, 0) is 48.4 Å². The molecule has 1 amide bonds. The van der Waals surface area contributed by atoms with Crippen molar-refractivity contribution >= 4 is 29.1 Å². The number of phenolic OH excluding ortho intramolecular Hbond substituents is 1. The van der Waals surface area contributed by atoms with Crippen LogP contribution in [0.3, 0.4) is 0 Å². The van der Waals surface area contributed by atoms with Crippen LogP contribution in [0.15, 0.2) is 70.4 Å². The first-order valence-corrected chi connectivity index (χ1v) is 12.6. The van der Waals surface area contributed by atoms with Crippen LogP contribution in [0.1, 0.15) is 28.3 Å². The molecule has 0 aliphatic carbocycles. The number of aromatic nitrogens is 3. The number of rotatable bonds is 6. The van der Waals surface area contributed by atoms with Crippen molar-refractivity contribution in [3.05, 3.63) is 103 Å². The van der Waals surface area contributed by atoms with E-state index in [1.165, 1.54) is 30.3 Å². The summed E-state index contributed by atoms with van der Waals surface area (Å²) in [5.41, 5.74) is -0.121. The molecule has 2 N–H and O–H groups in total. The van der Waals surface area contributed by atoms with Gasteiger partial charge in [-0.25, -0.2) is 4.79 Å². The fraction of sp³-hybridized carbons (Fsp3) is 0.185. The van der Waals surface area contributed by atoms with E-state index in [0.29, 0.717) is 13.2 Å². The van der Waals surface area contributed by atoms with Gasteiger partial charge in [0.1, 0.15) is 23.4 Å². The summed E-state index contributed by atoms with van der Waals surface area (Å²) in [6.07, 6.45) is 1.71. The van der Waals surface area contributed by atoms with Gasteiger partial charge in [0.05, 0.1) is 27.9 Å². The number of nitrogens with zero attached hydrogens (tertiary/aromatic N) is 3. The molecule has 0 radical (unpaired) electrons. The van der Waals surface area contributed by atoms with Crippen LogP contribution in [0.25, 0.3) is 5.69 Å². The van der Waals surface area contributed by atoms with Crippen molar-refractivity contribution in [1.82, 2.24) is 19.7 Å². The Morgan fingerprint density at radius 2 is 1.92 bits per heavy atom. The van der Waals surface area contributed by atoms with Gasteiger partial charge in [-0.1, -0.05) is 41.4 Å². The monoisotopic (exact) mass is 568 g/mol. The summed E-state index contributed by atoms with van der Waals surface area (Å²) in [5, 5.41) is 14.3. The molecule has 3 aromatic carbocycles. The van der Waals surface area contributed by atoms with Gasteiger partial charge in [0.25, 0.3) is 11.5 Å². The molecule has 12 heteroatoms. The number of nitrogens with one attached hydrogen (secondary N) is 1. The maximum Gasteiger partial charge on any atom is 0.349 e. The lowest BCUT2D eigenvalue weighted by atomic mass is 9.92. The van der Waals surface area contributed by atoms with E-state index in [-0.39, 0.29) is 44.5 Å². The minimum atomic E-state index is -0.765. The van der Waals surface area contributed by atoms with Gasteiger partial charge >= 0.3 is 5.69 Å². The summed E-state index contributed by atoms with van der Waals surface area (Å²) in [7, 11) is 1.67. The van der Waals surface area contributed by atoms with E-state index >= 15 is 0 Å². The standard InChI is InChI=1S/C27H22Cl2N4O6/c1-32(14-15-8-9-38-23-5-3-2-4-18(15)23)26(36)19-12-17(6-7-22(19)34)39-25-20(28)10-16(11-21(25)29)33-27(37)31-24(35)13-30-33/h2-7,10-13,15,34H,8-9,14H2,1H3,(H,31,35,37). The number of aromatic amines is 1. The Hall–Kier alpha value is -4.28. The molecule has 0 bridgehead atoms. The Morgan fingerprint density at radius 3 is 2.67 bits per heavy atom. The van der Waals surface area contributed by atoms with E-state index in [1.807, 2.05) is 24.3 Å². The third kappa shape index (κ3) is 5.47. The van der Waals surface area contributed by atoms with Gasteiger partial charge in [0, 0.05) is 19.5 Å². The molecule has 0 spiro atoms. The number of para-hydroxylation sites is 1. The lowest BCUT2D eigenvalue weighted by Gasteiger charge is -2.29. The highest BCUT2D eigenvalue weighted by atomic mass is 35.5. The van der Waals surface area contributed by atoms with Crippen molar-refractivity contribution in [3.63, 3.8) is 0 Å². The molecule has 5 rings (SSSR count). The number of aromatic hydroxyl groups is 1. The fourth-order valence-corrected chi connectivity index (χ4v) is 4.95. The summed E-state index contributed by atoms with van der Waals surface area (Å²) in [6, 6.07) is 14.7. The van der Waals surface area contributed by atoms with Crippen molar-refractivity contribution in [2.45, 2.75) is 12.3 Å². The van der Waals surface area contributed by atoms with E-state index in [0.717, 1.165) is 28.6 Å². The number of H-pyrrole nitrogens is 1. The Bertz CT molecular complexity index is 1660. The number of hydrogen-bond acceptors (Lipinski definition) is 7. The largest absolute Gasteiger partial charge is 0.507 e. The molecule has 1 atom stereocenters. The molecule has 0 saturated heterocycles. The van der Waals surface area contributed by atoms with Gasteiger partial charge in [-0.3, -0.25) is 14.6 Å². The summed E-state index contributed by atoms with van der Waals surface area (Å²) < 4.78 is 12.5. The Morgan fingerprint density at radius 1 is 1.18 bits per heavy atom. The predicted octanol–water partition coefficient (Wildman–Crippen LogP) is 4.36. The van der Waals surface area contributed by atoms with Crippen LogP contribution in [-0.2, 0) is 0 Å². The zero-order valence-corrected chi connectivity index (χ0v) is 22.1. The molecule has 1 aliphatic heterocycles. The van der Waals surface area contributed by atoms with Crippen LogP contribution in [0, 0.1) is 0 Å². The number of hydrogen-bond donors (Lipinski definition) is 2. The van der Waals surface area contributed by atoms with Gasteiger partial charge in [0.2, 0.25) is 0 Å². The SMILES string of the molecule is CN(CC1CCOc2ccccc21)C(=O)c1cc(Oc2c(Cl)cc(-n3ncc(=O)[nH]c3=O)cc2Cl)ccc1O. The quantitative estimate of drug-likeness (QED) is 0.353. The third-order valence-corrected chi connectivity index (χ3v) is 6.84. The second-order valence-corrected chi connectivity index (χ2v) is 9.74. The van der Waals surface area contributed by atoms with Crippen LogP contribution in [0.2, 0.25) is 10.0 Å². The number of amides is 1. The first-order valence-electron chi connectivity index (χ1n) is 11.9. The highest BCUT2D eigenvalue weighted by Crippen LogP contribution is 2.39. The van der Waals surface area contributed by atoms with Gasteiger partial charge < -0.3 is 19.5 Å². The van der Waals surface area contributed by atoms with E-state index in [9.17, 15) is 19.5 Å². The molecule has 200 valence electrons. The molecule has 0 saturated carbocycles. The lowest BCUT2D eigenvalue weighted by molar-refractivity contribution is 0.0774. The predicted molar refractivity (Wildman–Crippen MR) is 145 cm³/mol. The highest BCUT2D eigenvalue weighted by molar-refractivity contribution is 6.37. The summed E-state index contributed by atoms with van der Waals surface area (Å²) in [5.74, 6) is 0.577. The molecule has 2 heterocycles. The van der Waals surface area contributed by atoms with Crippen molar-refractivity contribution in [2.24, 2.45) is 0 Å². The van der Waals surface area contributed by atoms with Crippen molar-refractivity contribution in [2.75, 3.05) is 20.2 Å². The number of fused-ring (bicyclic) bond motifs is 1. The molecule has 1 aromatic heterocycles. The first kappa shape index (κ1) is 26.3. The number of carbonyl (C=O) groups excluding carboxylic acids is 1. The third-order valence-electron chi connectivity index (χ3n) is 6.28. The normalized spacial score (nSPS) is 14.3. The topological polar surface area (TPSA) is 127 Å². The summed E-state index contributed by atoms with van der Waals surface area (Å²) in [4.78, 5) is 40.3. The molecule has 1 unspecified atom stereocenters. The zero-order chi connectivity index (χ0) is 27.7. The first-order chi connectivity index (χ1) is 18.7. The number of carbonyl (C=O) groups is 1. The van der Waals surface area contributed by atoms with Gasteiger partial charge in [-0.15, -0.1) is 0 Å². The molecule has 39 heavy (non-hydrogen) atoms. The molecular formula is C27H22Cl2N4O6. The van der Waals surface area contributed by atoms with Crippen LogP contribution < -0.4 is 20.7 Å². The van der Waals surface area contributed by atoms with Crippen molar-refractivity contribution in [1.29, 1.82) is 0 Å². The van der Waals surface area contributed by atoms with Gasteiger partial charge in [-0.2, -0.15) is 9.78 Å². The minimum absolute atomic E-state index is 0.0446. The second kappa shape index (κ2) is 10.8. The minimum Gasteiger partial charge on any atom is -0.507 e. The average molecular weight is 569 g/mol. The van der Waals surface area contributed by atoms with Crippen molar-refractivity contribution < 1.29 is 19.4 Å². The number of ether oxygens (including phenoxy) is 2. The Kier molecular flexibility index (Phi) is 7.32. The smallest absolute Gasteiger partial charge is 0.349 e. The number of phenols is 1. The Balaban J connectivity index is 1.37. The molecular weight excluding hydrogens is 547 g/mol. The van der Waals surface area contributed by atoms with E-state index < -0.39 is 17.2 Å². The maximum atomic E-state index is 13.3. The van der Waals surface area contributed by atoms with Gasteiger partial charge in [0.15, 0.2) is 5.75 Å². The highest BCUT2D eigenvalue weighted by Gasteiger charge is 2.26. The lowest BCUT2D eigenvalue weighted by Crippen LogP contribution is -2.33. The number of likely N-dealkylation sites (N-methyl/N-ethyl adjacent to an activating group) is 1.